The van der Waals surface area contributed by atoms with Crippen LogP contribution in [0.3, 0.4) is 0 Å². The third-order valence-electron chi connectivity index (χ3n) is 4.81. The van der Waals surface area contributed by atoms with Crippen molar-refractivity contribution in [3.05, 3.63) is 35.6 Å². The maximum atomic E-state index is 13.8. The van der Waals surface area contributed by atoms with Gasteiger partial charge < -0.3 is 15.3 Å². The number of carbonyl (C=O) groups is 1. The van der Waals surface area contributed by atoms with Gasteiger partial charge in [0.2, 0.25) is 0 Å². The molecule has 2 fully saturated rings. The van der Waals surface area contributed by atoms with Crippen molar-refractivity contribution < 1.29 is 14.3 Å². The second kappa shape index (κ2) is 6.34. The van der Waals surface area contributed by atoms with E-state index in [1.54, 1.807) is 23.1 Å². The van der Waals surface area contributed by atoms with E-state index in [9.17, 15) is 14.3 Å². The third-order valence-corrected chi connectivity index (χ3v) is 4.81. The van der Waals surface area contributed by atoms with Gasteiger partial charge >= 0.3 is 0 Å². The summed E-state index contributed by atoms with van der Waals surface area (Å²) in [4.78, 5) is 14.2. The van der Waals surface area contributed by atoms with Gasteiger partial charge in [-0.3, -0.25) is 4.79 Å². The average molecular weight is 306 g/mol. The number of amides is 1. The Labute approximate surface area is 130 Å². The maximum Gasteiger partial charge on any atom is 0.256 e. The highest BCUT2D eigenvalue weighted by Gasteiger charge is 2.42. The fraction of sp³-hybridized carbons (Fsp3) is 0.588. The summed E-state index contributed by atoms with van der Waals surface area (Å²) in [6, 6.07) is 6.91. The molecule has 1 heterocycles. The lowest BCUT2D eigenvalue weighted by Gasteiger charge is -2.40. The fourth-order valence-corrected chi connectivity index (χ4v) is 3.14. The number of rotatable bonds is 5. The molecule has 120 valence electrons. The number of carbonyl (C=O) groups excluding carboxylic acids is 1. The van der Waals surface area contributed by atoms with Gasteiger partial charge in [0.25, 0.3) is 5.91 Å². The number of likely N-dealkylation sites (tertiary alicyclic amines) is 1. The van der Waals surface area contributed by atoms with Crippen LogP contribution in [0.1, 0.15) is 37.7 Å². The Morgan fingerprint density at radius 3 is 2.77 bits per heavy atom. The molecule has 1 atom stereocenters. The van der Waals surface area contributed by atoms with Crippen LogP contribution in [-0.4, -0.2) is 40.6 Å². The molecule has 4 nitrogen and oxygen atoms in total. The number of aliphatic hydroxyl groups is 1. The number of hydrogen-bond donors (Lipinski definition) is 2. The molecule has 5 heteroatoms. The van der Waals surface area contributed by atoms with Crippen LogP contribution in [0.25, 0.3) is 0 Å². The van der Waals surface area contributed by atoms with Crippen LogP contribution >= 0.6 is 0 Å². The van der Waals surface area contributed by atoms with Crippen LogP contribution in [0, 0.1) is 5.82 Å². The van der Waals surface area contributed by atoms with Gasteiger partial charge in [0.1, 0.15) is 5.82 Å². The smallest absolute Gasteiger partial charge is 0.256 e. The van der Waals surface area contributed by atoms with Gasteiger partial charge in [0.05, 0.1) is 0 Å². The Morgan fingerprint density at radius 1 is 1.32 bits per heavy atom. The van der Waals surface area contributed by atoms with E-state index >= 15 is 0 Å². The number of nitrogens with zero attached hydrogens (tertiary/aromatic N) is 1. The molecule has 2 aliphatic rings. The van der Waals surface area contributed by atoms with Gasteiger partial charge in [-0.15, -0.1) is 0 Å². The highest BCUT2D eigenvalue weighted by Crippen LogP contribution is 2.26. The molecular weight excluding hydrogens is 283 g/mol. The van der Waals surface area contributed by atoms with Crippen LogP contribution in [0.15, 0.2) is 24.3 Å². The Morgan fingerprint density at radius 2 is 2.09 bits per heavy atom. The molecule has 22 heavy (non-hydrogen) atoms. The molecule has 0 aromatic heterocycles. The van der Waals surface area contributed by atoms with Crippen molar-refractivity contribution in [1.29, 1.82) is 0 Å². The van der Waals surface area contributed by atoms with E-state index in [1.807, 2.05) is 0 Å². The Bertz CT molecular complexity index is 547. The number of nitrogens with one attached hydrogen (secondary N) is 1. The van der Waals surface area contributed by atoms with Crippen LogP contribution in [0.2, 0.25) is 0 Å². The Balaban J connectivity index is 1.65. The van der Waals surface area contributed by atoms with E-state index in [2.05, 4.69) is 5.32 Å². The summed E-state index contributed by atoms with van der Waals surface area (Å²) in [5.41, 5.74) is -0.855. The standard InChI is InChI=1S/C17H23FN2O2/c18-15-8-2-1-5-13(15)11-20-10-4-9-17(22,16(20)21)12-19-14-6-3-7-14/h1-2,5,8,14,19,22H,3-4,6-7,9-12H2/t17-/m1/s1. The van der Waals surface area contributed by atoms with Gasteiger partial charge in [-0.1, -0.05) is 24.6 Å². The SMILES string of the molecule is O=C1N(Cc2ccccc2F)CCC[C@@]1(O)CNC1CCC1. The molecule has 1 aromatic carbocycles. The molecule has 1 aromatic rings. The summed E-state index contributed by atoms with van der Waals surface area (Å²) in [5.74, 6) is -0.592. The van der Waals surface area contributed by atoms with Crippen molar-refractivity contribution in [3.8, 4) is 0 Å². The lowest BCUT2D eigenvalue weighted by Crippen LogP contribution is -2.59. The van der Waals surface area contributed by atoms with Gasteiger partial charge in [0.15, 0.2) is 5.60 Å². The minimum Gasteiger partial charge on any atom is -0.379 e. The lowest BCUT2D eigenvalue weighted by atomic mass is 9.88. The molecule has 1 aliphatic heterocycles. The zero-order chi connectivity index (χ0) is 15.6. The number of benzene rings is 1. The van der Waals surface area contributed by atoms with Crippen LogP contribution in [-0.2, 0) is 11.3 Å². The summed E-state index contributed by atoms with van der Waals surface area (Å²) in [6.45, 7) is 1.08. The number of halogens is 1. The zero-order valence-corrected chi connectivity index (χ0v) is 12.7. The molecule has 0 bridgehead atoms. The van der Waals surface area contributed by atoms with E-state index in [4.69, 9.17) is 0 Å². The maximum absolute atomic E-state index is 13.8. The van der Waals surface area contributed by atoms with Crippen molar-refractivity contribution in [1.82, 2.24) is 10.2 Å². The summed E-state index contributed by atoms with van der Waals surface area (Å²) < 4.78 is 13.8. The number of hydrogen-bond acceptors (Lipinski definition) is 3. The van der Waals surface area contributed by atoms with Crippen molar-refractivity contribution in [2.45, 2.75) is 50.3 Å². The first-order chi connectivity index (χ1) is 10.6. The molecule has 0 unspecified atom stereocenters. The van der Waals surface area contributed by atoms with Gasteiger partial charge in [-0.05, 0) is 31.7 Å². The highest BCUT2D eigenvalue weighted by molar-refractivity contribution is 5.86. The van der Waals surface area contributed by atoms with Crippen LogP contribution < -0.4 is 5.32 Å². The fourth-order valence-electron chi connectivity index (χ4n) is 3.14. The molecule has 2 N–H and O–H groups in total. The average Bonchev–Trinajstić information content (AvgIpc) is 2.45. The third kappa shape index (κ3) is 3.15. The van der Waals surface area contributed by atoms with Gasteiger partial charge in [0, 0.05) is 31.2 Å². The van der Waals surface area contributed by atoms with E-state index < -0.39 is 5.60 Å². The molecular formula is C17H23FN2O2. The van der Waals surface area contributed by atoms with Gasteiger partial charge in [-0.25, -0.2) is 4.39 Å². The minimum absolute atomic E-state index is 0.219. The van der Waals surface area contributed by atoms with E-state index in [1.165, 1.54) is 12.5 Å². The summed E-state index contributed by atoms with van der Waals surface area (Å²) in [7, 11) is 0. The van der Waals surface area contributed by atoms with Crippen molar-refractivity contribution in [3.63, 3.8) is 0 Å². The van der Waals surface area contributed by atoms with Crippen molar-refractivity contribution in [2.75, 3.05) is 13.1 Å². The molecule has 0 radical (unpaired) electrons. The van der Waals surface area contributed by atoms with Gasteiger partial charge in [-0.2, -0.15) is 0 Å². The molecule has 1 amide bonds. The summed E-state index contributed by atoms with van der Waals surface area (Å²) in [6.07, 6.45) is 4.65. The quantitative estimate of drug-likeness (QED) is 0.872. The highest BCUT2D eigenvalue weighted by atomic mass is 19.1. The first-order valence-electron chi connectivity index (χ1n) is 8.07. The lowest BCUT2D eigenvalue weighted by molar-refractivity contribution is -0.157. The predicted octanol–water partition coefficient (Wildman–Crippen LogP) is 1.82. The second-order valence-corrected chi connectivity index (χ2v) is 6.46. The van der Waals surface area contributed by atoms with Crippen molar-refractivity contribution >= 4 is 5.91 Å². The predicted molar refractivity (Wildman–Crippen MR) is 81.6 cm³/mol. The second-order valence-electron chi connectivity index (χ2n) is 6.46. The molecule has 0 spiro atoms. The van der Waals surface area contributed by atoms with Crippen molar-refractivity contribution in [2.24, 2.45) is 0 Å². The Hall–Kier alpha value is -1.46. The topological polar surface area (TPSA) is 52.6 Å². The summed E-state index contributed by atoms with van der Waals surface area (Å²) >= 11 is 0. The molecule has 1 saturated heterocycles. The Kier molecular flexibility index (Phi) is 4.45. The van der Waals surface area contributed by atoms with E-state index in [0.717, 1.165) is 19.3 Å². The molecule has 3 rings (SSSR count). The zero-order valence-electron chi connectivity index (χ0n) is 12.7. The molecule has 1 saturated carbocycles. The first kappa shape index (κ1) is 15.4. The molecule has 1 aliphatic carbocycles. The van der Waals surface area contributed by atoms with E-state index in [-0.39, 0.29) is 18.3 Å². The van der Waals surface area contributed by atoms with E-state index in [0.29, 0.717) is 31.1 Å². The van der Waals surface area contributed by atoms with Crippen LogP contribution in [0.4, 0.5) is 4.39 Å². The minimum atomic E-state index is -1.35. The normalized spacial score (nSPS) is 26.1. The largest absolute Gasteiger partial charge is 0.379 e. The summed E-state index contributed by atoms with van der Waals surface area (Å²) in [5, 5.41) is 14.0. The first-order valence-corrected chi connectivity index (χ1v) is 8.07. The van der Waals surface area contributed by atoms with Crippen LogP contribution in [0.5, 0.6) is 0 Å². The monoisotopic (exact) mass is 306 g/mol. The number of piperidine rings is 1.